The van der Waals surface area contributed by atoms with Crippen LogP contribution in [0.25, 0.3) is 5.69 Å². The molecule has 272 valence electrons. The van der Waals surface area contributed by atoms with E-state index in [9.17, 15) is 19.2 Å². The number of esters is 1. The predicted molar refractivity (Wildman–Crippen MR) is 203 cm³/mol. The van der Waals surface area contributed by atoms with Crippen LogP contribution in [0.4, 0.5) is 17.2 Å². The number of ether oxygens (including phenoxy) is 1. The number of rotatable bonds is 19. The van der Waals surface area contributed by atoms with Crippen LogP contribution < -0.4 is 21.1 Å². The van der Waals surface area contributed by atoms with Crippen molar-refractivity contribution in [2.24, 2.45) is 0 Å². The van der Waals surface area contributed by atoms with E-state index in [1.807, 2.05) is 4.90 Å². The fourth-order valence-electron chi connectivity index (χ4n) is 6.30. The molecule has 0 unspecified atom stereocenters. The molecular weight excluding hydrogens is 677 g/mol. The number of piperidine rings is 1. The van der Waals surface area contributed by atoms with Gasteiger partial charge in [0.1, 0.15) is 11.4 Å². The number of aromatic nitrogens is 2. The molecule has 2 aromatic carbocycles. The lowest BCUT2D eigenvalue weighted by Crippen LogP contribution is -2.34. The van der Waals surface area contributed by atoms with E-state index >= 15 is 0 Å². The van der Waals surface area contributed by atoms with Crippen molar-refractivity contribution in [3.8, 4) is 5.69 Å². The topological polar surface area (TPSA) is 126 Å². The number of benzene rings is 2. The van der Waals surface area contributed by atoms with Gasteiger partial charge < -0.3 is 20.3 Å². The molecule has 0 bridgehead atoms. The van der Waals surface area contributed by atoms with Crippen LogP contribution in [0.1, 0.15) is 131 Å². The van der Waals surface area contributed by atoms with Crippen LogP contribution in [-0.4, -0.2) is 47.3 Å². The van der Waals surface area contributed by atoms with Gasteiger partial charge in [0.2, 0.25) is 5.91 Å². The van der Waals surface area contributed by atoms with Gasteiger partial charge in [-0.3, -0.25) is 19.5 Å². The van der Waals surface area contributed by atoms with Gasteiger partial charge in [-0.05, 0) is 56.0 Å². The summed E-state index contributed by atoms with van der Waals surface area (Å²) in [5.74, 6) is -1.09. The largest absolute Gasteiger partial charge is 0.462 e. The Bertz CT molecular complexity index is 1620. The Balaban J connectivity index is 1.39. The molecule has 1 aliphatic rings. The summed E-state index contributed by atoms with van der Waals surface area (Å²) in [6, 6.07) is 9.37. The van der Waals surface area contributed by atoms with Gasteiger partial charge in [0.25, 0.3) is 11.5 Å². The summed E-state index contributed by atoms with van der Waals surface area (Å²) >= 11 is 13.3. The Morgan fingerprint density at radius 2 is 1.38 bits per heavy atom. The van der Waals surface area contributed by atoms with Crippen LogP contribution in [0.5, 0.6) is 0 Å². The summed E-state index contributed by atoms with van der Waals surface area (Å²) in [5.41, 5.74) is 0.943. The molecule has 0 radical (unpaired) electrons. The standard InChI is InChI=1S/C38H51Cl2N5O5/c1-3-4-5-6-7-8-9-10-11-12-13-17-23-50-38(49)29-25-31(39)33(32(40)26-29)45-37(48)34(44-21-15-14-16-22-44)35(43-45)42-36(47)28-19-18-20-30(24-28)41-27(2)46/h18-20,24-26,43H,3-17,21-23H2,1-2H3,(H,41,46)(H,42,47). The van der Waals surface area contributed by atoms with Gasteiger partial charge in [-0.2, -0.15) is 0 Å². The third-order valence-corrected chi connectivity index (χ3v) is 9.51. The normalized spacial score (nSPS) is 12.9. The molecule has 4 rings (SSSR count). The molecule has 12 heteroatoms. The Kier molecular flexibility index (Phi) is 15.8. The molecule has 1 aliphatic heterocycles. The molecule has 1 aromatic heterocycles. The second kappa shape index (κ2) is 20.2. The predicted octanol–water partition coefficient (Wildman–Crippen LogP) is 9.53. The highest BCUT2D eigenvalue weighted by Gasteiger charge is 2.27. The number of nitrogens with one attached hydrogen (secondary N) is 3. The van der Waals surface area contributed by atoms with Crippen LogP contribution in [0.3, 0.4) is 0 Å². The fourth-order valence-corrected chi connectivity index (χ4v) is 6.96. The first kappa shape index (κ1) is 39.0. The van der Waals surface area contributed by atoms with Crippen molar-refractivity contribution in [1.82, 2.24) is 9.78 Å². The summed E-state index contributed by atoms with van der Waals surface area (Å²) in [6.07, 6.45) is 17.5. The molecule has 1 fully saturated rings. The number of amides is 2. The molecule has 50 heavy (non-hydrogen) atoms. The van der Waals surface area contributed by atoms with Gasteiger partial charge in [-0.25, -0.2) is 9.48 Å². The molecule has 10 nitrogen and oxygen atoms in total. The summed E-state index contributed by atoms with van der Waals surface area (Å²) in [7, 11) is 0. The van der Waals surface area contributed by atoms with Gasteiger partial charge in [-0.1, -0.05) is 107 Å². The number of aromatic amines is 1. The molecule has 2 heterocycles. The summed E-state index contributed by atoms with van der Waals surface area (Å²) in [5, 5.41) is 8.64. The van der Waals surface area contributed by atoms with E-state index in [1.54, 1.807) is 24.3 Å². The van der Waals surface area contributed by atoms with E-state index < -0.39 is 17.4 Å². The first-order chi connectivity index (χ1) is 24.2. The van der Waals surface area contributed by atoms with E-state index in [1.165, 1.54) is 81.5 Å². The minimum absolute atomic E-state index is 0.0734. The molecular formula is C38H51Cl2N5O5. The zero-order valence-corrected chi connectivity index (χ0v) is 30.9. The molecule has 3 N–H and O–H groups in total. The number of carbonyl (C=O) groups is 3. The van der Waals surface area contributed by atoms with Crippen molar-refractivity contribution in [3.05, 3.63) is 67.9 Å². The van der Waals surface area contributed by atoms with Crippen LogP contribution in [0, 0.1) is 0 Å². The molecule has 1 saturated heterocycles. The number of hydrogen-bond donors (Lipinski definition) is 3. The minimum Gasteiger partial charge on any atom is -0.462 e. The Morgan fingerprint density at radius 1 is 0.780 bits per heavy atom. The Hall–Kier alpha value is -3.76. The first-order valence-corrected chi connectivity index (χ1v) is 18.9. The lowest BCUT2D eigenvalue weighted by molar-refractivity contribution is -0.114. The van der Waals surface area contributed by atoms with Crippen molar-refractivity contribution in [1.29, 1.82) is 0 Å². The average Bonchev–Trinajstić information content (AvgIpc) is 3.40. The molecule has 0 spiro atoms. The molecule has 0 atom stereocenters. The third kappa shape index (κ3) is 11.4. The summed E-state index contributed by atoms with van der Waals surface area (Å²) < 4.78 is 6.70. The van der Waals surface area contributed by atoms with Gasteiger partial charge >= 0.3 is 5.97 Å². The molecule has 3 aromatic rings. The van der Waals surface area contributed by atoms with Crippen LogP contribution in [0.15, 0.2) is 41.2 Å². The zero-order valence-electron chi connectivity index (χ0n) is 29.4. The minimum atomic E-state index is -0.536. The molecule has 0 aliphatic carbocycles. The van der Waals surface area contributed by atoms with Gasteiger partial charge in [-0.15, -0.1) is 0 Å². The highest BCUT2D eigenvalue weighted by atomic mass is 35.5. The average molecular weight is 729 g/mol. The van der Waals surface area contributed by atoms with Crippen LogP contribution >= 0.6 is 23.2 Å². The summed E-state index contributed by atoms with van der Waals surface area (Å²) in [4.78, 5) is 53.6. The van der Waals surface area contributed by atoms with Gasteiger partial charge in [0, 0.05) is 31.3 Å². The fraction of sp³-hybridized carbons (Fsp3) is 0.526. The molecule has 0 saturated carbocycles. The van der Waals surface area contributed by atoms with Crippen molar-refractivity contribution >= 4 is 58.2 Å². The first-order valence-electron chi connectivity index (χ1n) is 18.1. The van der Waals surface area contributed by atoms with Gasteiger partial charge in [0.15, 0.2) is 5.82 Å². The number of unbranched alkanes of at least 4 members (excludes halogenated alkanes) is 11. The van der Waals surface area contributed by atoms with E-state index in [0.717, 1.165) is 38.5 Å². The van der Waals surface area contributed by atoms with Crippen LogP contribution in [-0.2, 0) is 9.53 Å². The number of halogens is 2. The second-order valence-corrected chi connectivity index (χ2v) is 13.9. The quantitative estimate of drug-likeness (QED) is 0.0834. The van der Waals surface area contributed by atoms with E-state index in [0.29, 0.717) is 25.4 Å². The zero-order chi connectivity index (χ0) is 35.9. The second-order valence-electron chi connectivity index (χ2n) is 13.1. The van der Waals surface area contributed by atoms with Crippen molar-refractivity contribution in [2.75, 3.05) is 35.2 Å². The maximum absolute atomic E-state index is 13.9. The number of hydrogen-bond acceptors (Lipinski definition) is 6. The number of carbonyl (C=O) groups excluding carboxylic acids is 3. The van der Waals surface area contributed by atoms with Crippen LogP contribution in [0.2, 0.25) is 10.0 Å². The number of anilines is 3. The number of H-pyrrole nitrogens is 1. The highest BCUT2D eigenvalue weighted by Crippen LogP contribution is 2.33. The van der Waals surface area contributed by atoms with Gasteiger partial charge in [0.05, 0.1) is 22.2 Å². The monoisotopic (exact) mass is 727 g/mol. The lowest BCUT2D eigenvalue weighted by Gasteiger charge is -2.27. The van der Waals surface area contributed by atoms with E-state index in [2.05, 4.69) is 22.7 Å². The third-order valence-electron chi connectivity index (χ3n) is 8.93. The van der Waals surface area contributed by atoms with Crippen molar-refractivity contribution in [2.45, 2.75) is 110 Å². The Labute approximate surface area is 305 Å². The van der Waals surface area contributed by atoms with E-state index in [4.69, 9.17) is 27.9 Å². The molecule has 2 amide bonds. The van der Waals surface area contributed by atoms with Crippen molar-refractivity contribution < 1.29 is 19.1 Å². The smallest absolute Gasteiger partial charge is 0.338 e. The maximum atomic E-state index is 13.9. The maximum Gasteiger partial charge on any atom is 0.338 e. The highest BCUT2D eigenvalue weighted by molar-refractivity contribution is 6.38. The Morgan fingerprint density at radius 3 is 1.98 bits per heavy atom. The summed E-state index contributed by atoms with van der Waals surface area (Å²) in [6.45, 7) is 5.21. The van der Waals surface area contributed by atoms with E-state index in [-0.39, 0.29) is 44.3 Å². The number of nitrogens with zero attached hydrogens (tertiary/aromatic N) is 2. The van der Waals surface area contributed by atoms with Crippen molar-refractivity contribution in [3.63, 3.8) is 0 Å². The SMILES string of the molecule is CCCCCCCCCCCCCCOC(=O)c1cc(Cl)c(-n2[nH]c(NC(=O)c3cccc(NC(C)=O)c3)c(N3CCCCC3)c2=O)c(Cl)c1. The lowest BCUT2D eigenvalue weighted by atomic mass is 10.1.